The maximum absolute atomic E-state index is 12.3. The molecular weight excluding hydrogens is 286 g/mol. The fourth-order valence-electron chi connectivity index (χ4n) is 2.35. The van der Waals surface area contributed by atoms with Crippen molar-refractivity contribution in [1.82, 2.24) is 10.3 Å². The van der Waals surface area contributed by atoms with Gasteiger partial charge in [-0.05, 0) is 42.8 Å². The lowest BCUT2D eigenvalue weighted by atomic mass is 9.94. The molecule has 1 atom stereocenters. The molecule has 0 aliphatic carbocycles. The fraction of sp³-hybridized carbons (Fsp3) is 0.368. The Labute approximate surface area is 138 Å². The number of aromatic nitrogens is 1. The Balaban J connectivity index is 2.25. The highest BCUT2D eigenvalue weighted by molar-refractivity contribution is 5.95. The van der Waals surface area contributed by atoms with E-state index in [1.807, 2.05) is 58.2 Å². The number of para-hydroxylation sites is 1. The number of hydrogen-bond donors (Lipinski definition) is 2. The minimum Gasteiger partial charge on any atom is -0.325 e. The summed E-state index contributed by atoms with van der Waals surface area (Å²) in [5.74, 6) is 0.0173. The normalized spacial score (nSPS) is 12.7. The highest BCUT2D eigenvalue weighted by Crippen LogP contribution is 2.27. The Hall–Kier alpha value is -2.20. The van der Waals surface area contributed by atoms with Gasteiger partial charge >= 0.3 is 0 Å². The summed E-state index contributed by atoms with van der Waals surface area (Å²) < 4.78 is 0. The van der Waals surface area contributed by atoms with Gasteiger partial charge in [-0.15, -0.1) is 0 Å². The highest BCUT2D eigenvalue weighted by atomic mass is 16.2. The van der Waals surface area contributed by atoms with Gasteiger partial charge in [-0.25, -0.2) is 0 Å². The van der Waals surface area contributed by atoms with Crippen LogP contribution in [0.15, 0.2) is 48.8 Å². The average Bonchev–Trinajstić information content (AvgIpc) is 2.53. The van der Waals surface area contributed by atoms with Crippen LogP contribution >= 0.6 is 0 Å². The Morgan fingerprint density at radius 1 is 1.13 bits per heavy atom. The summed E-state index contributed by atoms with van der Waals surface area (Å²) in [6.45, 7) is 5.74. The molecule has 0 radical (unpaired) electrons. The molecule has 122 valence electrons. The molecule has 1 amide bonds. The van der Waals surface area contributed by atoms with Crippen LogP contribution in [-0.4, -0.2) is 17.9 Å². The lowest BCUT2D eigenvalue weighted by Gasteiger charge is -2.23. The van der Waals surface area contributed by atoms with E-state index in [0.29, 0.717) is 0 Å². The summed E-state index contributed by atoms with van der Waals surface area (Å²) >= 11 is 0. The number of carbonyl (C=O) groups is 1. The van der Waals surface area contributed by atoms with Gasteiger partial charge in [0.25, 0.3) is 0 Å². The standard InChI is InChI=1S/C19H25N3O/c1-19(2,3)18(23)22-16-8-6-5-7-15(16)17(20-4)13-14-9-11-21-12-10-14/h5-12,17,20H,13H2,1-4H3,(H,22,23). The number of hydrogen-bond acceptors (Lipinski definition) is 3. The first-order valence-electron chi connectivity index (χ1n) is 7.88. The first-order chi connectivity index (χ1) is 10.9. The maximum atomic E-state index is 12.3. The van der Waals surface area contributed by atoms with E-state index in [1.165, 1.54) is 5.56 Å². The van der Waals surface area contributed by atoms with Crippen molar-refractivity contribution in [1.29, 1.82) is 0 Å². The van der Waals surface area contributed by atoms with Gasteiger partial charge < -0.3 is 10.6 Å². The first kappa shape index (κ1) is 17.2. The Bertz CT molecular complexity index is 647. The molecule has 2 rings (SSSR count). The summed E-state index contributed by atoms with van der Waals surface area (Å²) in [6, 6.07) is 12.1. The van der Waals surface area contributed by atoms with Crippen LogP contribution in [0, 0.1) is 5.41 Å². The number of nitrogens with one attached hydrogen (secondary N) is 2. The molecule has 2 N–H and O–H groups in total. The van der Waals surface area contributed by atoms with Gasteiger partial charge in [0.15, 0.2) is 0 Å². The zero-order valence-corrected chi connectivity index (χ0v) is 14.3. The van der Waals surface area contributed by atoms with Crippen molar-refractivity contribution in [2.45, 2.75) is 33.2 Å². The van der Waals surface area contributed by atoms with Gasteiger partial charge in [0.2, 0.25) is 5.91 Å². The van der Waals surface area contributed by atoms with E-state index in [4.69, 9.17) is 0 Å². The molecular formula is C19H25N3O. The molecule has 2 aromatic rings. The lowest BCUT2D eigenvalue weighted by Crippen LogP contribution is -2.29. The van der Waals surface area contributed by atoms with Gasteiger partial charge in [-0.1, -0.05) is 39.0 Å². The van der Waals surface area contributed by atoms with Crippen LogP contribution < -0.4 is 10.6 Å². The second-order valence-corrected chi connectivity index (χ2v) is 6.69. The number of amides is 1. The molecule has 23 heavy (non-hydrogen) atoms. The highest BCUT2D eigenvalue weighted by Gasteiger charge is 2.23. The predicted molar refractivity (Wildman–Crippen MR) is 94.3 cm³/mol. The van der Waals surface area contributed by atoms with E-state index in [9.17, 15) is 4.79 Å². The molecule has 1 heterocycles. The quantitative estimate of drug-likeness (QED) is 0.887. The number of anilines is 1. The molecule has 0 saturated carbocycles. The summed E-state index contributed by atoms with van der Waals surface area (Å²) in [6.07, 6.45) is 4.44. The molecule has 0 aliphatic heterocycles. The first-order valence-corrected chi connectivity index (χ1v) is 7.88. The molecule has 0 bridgehead atoms. The van der Waals surface area contributed by atoms with Crippen LogP contribution in [-0.2, 0) is 11.2 Å². The van der Waals surface area contributed by atoms with Gasteiger partial charge in [0.05, 0.1) is 0 Å². The van der Waals surface area contributed by atoms with Gasteiger partial charge in [-0.3, -0.25) is 9.78 Å². The predicted octanol–water partition coefficient (Wildman–Crippen LogP) is 3.57. The topological polar surface area (TPSA) is 54.0 Å². The number of likely N-dealkylation sites (N-methyl/N-ethyl adjacent to an activating group) is 1. The van der Waals surface area contributed by atoms with E-state index in [0.717, 1.165) is 17.7 Å². The van der Waals surface area contributed by atoms with E-state index < -0.39 is 5.41 Å². The second kappa shape index (κ2) is 7.38. The van der Waals surface area contributed by atoms with Crippen molar-refractivity contribution in [3.05, 3.63) is 59.9 Å². The number of benzene rings is 1. The van der Waals surface area contributed by atoms with Crippen LogP contribution in [0.3, 0.4) is 0 Å². The van der Waals surface area contributed by atoms with Crippen LogP contribution in [0.1, 0.15) is 37.9 Å². The van der Waals surface area contributed by atoms with Gasteiger partial charge in [0.1, 0.15) is 0 Å². The maximum Gasteiger partial charge on any atom is 0.229 e. The van der Waals surface area contributed by atoms with Crippen molar-refractivity contribution in [2.75, 3.05) is 12.4 Å². The molecule has 0 aliphatic rings. The van der Waals surface area contributed by atoms with E-state index >= 15 is 0 Å². The fourth-order valence-corrected chi connectivity index (χ4v) is 2.35. The Morgan fingerprint density at radius 2 is 1.78 bits per heavy atom. The number of rotatable bonds is 5. The molecule has 4 heteroatoms. The molecule has 0 fully saturated rings. The monoisotopic (exact) mass is 311 g/mol. The second-order valence-electron chi connectivity index (χ2n) is 6.69. The SMILES string of the molecule is CNC(Cc1ccncc1)c1ccccc1NC(=O)C(C)(C)C. The largest absolute Gasteiger partial charge is 0.325 e. The summed E-state index contributed by atoms with van der Waals surface area (Å²) in [7, 11) is 1.94. The van der Waals surface area contributed by atoms with Crippen LogP contribution in [0.5, 0.6) is 0 Å². The van der Waals surface area contributed by atoms with Crippen molar-refractivity contribution in [2.24, 2.45) is 5.41 Å². The van der Waals surface area contributed by atoms with Gasteiger partial charge in [0, 0.05) is 29.5 Å². The van der Waals surface area contributed by atoms with Crippen molar-refractivity contribution < 1.29 is 4.79 Å². The van der Waals surface area contributed by atoms with Crippen LogP contribution in [0.2, 0.25) is 0 Å². The van der Waals surface area contributed by atoms with Crippen molar-refractivity contribution in [3.63, 3.8) is 0 Å². The summed E-state index contributed by atoms with van der Waals surface area (Å²) in [5.41, 5.74) is 2.73. The van der Waals surface area contributed by atoms with Crippen molar-refractivity contribution in [3.8, 4) is 0 Å². The molecule has 1 aromatic heterocycles. The minimum atomic E-state index is -0.423. The van der Waals surface area contributed by atoms with E-state index in [1.54, 1.807) is 12.4 Å². The number of pyridine rings is 1. The summed E-state index contributed by atoms with van der Waals surface area (Å²) in [5, 5.41) is 6.41. The minimum absolute atomic E-state index is 0.0173. The zero-order valence-electron chi connectivity index (χ0n) is 14.3. The third-order valence-corrected chi connectivity index (χ3v) is 3.80. The molecule has 4 nitrogen and oxygen atoms in total. The number of nitrogens with zero attached hydrogens (tertiary/aromatic N) is 1. The third-order valence-electron chi connectivity index (χ3n) is 3.80. The molecule has 0 spiro atoms. The smallest absolute Gasteiger partial charge is 0.229 e. The lowest BCUT2D eigenvalue weighted by molar-refractivity contribution is -0.123. The van der Waals surface area contributed by atoms with E-state index in [2.05, 4.69) is 21.7 Å². The molecule has 0 saturated heterocycles. The van der Waals surface area contributed by atoms with Gasteiger partial charge in [-0.2, -0.15) is 0 Å². The molecule has 1 aromatic carbocycles. The molecule has 1 unspecified atom stereocenters. The Morgan fingerprint density at radius 3 is 2.39 bits per heavy atom. The van der Waals surface area contributed by atoms with Crippen LogP contribution in [0.25, 0.3) is 0 Å². The zero-order chi connectivity index (χ0) is 16.9. The third kappa shape index (κ3) is 4.63. The Kier molecular flexibility index (Phi) is 5.50. The summed E-state index contributed by atoms with van der Waals surface area (Å²) in [4.78, 5) is 16.4. The van der Waals surface area contributed by atoms with Crippen molar-refractivity contribution >= 4 is 11.6 Å². The number of carbonyl (C=O) groups excluding carboxylic acids is 1. The van der Waals surface area contributed by atoms with Crippen LogP contribution in [0.4, 0.5) is 5.69 Å². The van der Waals surface area contributed by atoms with E-state index in [-0.39, 0.29) is 11.9 Å². The average molecular weight is 311 g/mol.